The van der Waals surface area contributed by atoms with Crippen molar-refractivity contribution in [2.24, 2.45) is 17.8 Å². The average Bonchev–Trinajstić information content (AvgIpc) is 3.26. The molecule has 2 aliphatic carbocycles. The maximum absolute atomic E-state index is 11.2. The molecule has 4 aliphatic rings. The van der Waals surface area contributed by atoms with Gasteiger partial charge in [0.25, 0.3) is 0 Å². The lowest BCUT2D eigenvalue weighted by molar-refractivity contribution is -0.215. The van der Waals surface area contributed by atoms with E-state index in [4.69, 9.17) is 18.9 Å². The third kappa shape index (κ3) is 4.06. The fourth-order valence-corrected chi connectivity index (χ4v) is 4.60. The summed E-state index contributed by atoms with van der Waals surface area (Å²) in [6.45, 7) is 13.3. The highest BCUT2D eigenvalue weighted by Crippen LogP contribution is 2.44. The number of hydrogen-bond donors (Lipinski definition) is 0. The largest absolute Gasteiger partial charge is 0.347 e. The number of ketones is 1. The normalized spacial score (nSPS) is 35.3. The molecule has 2 aliphatic heterocycles. The van der Waals surface area contributed by atoms with Gasteiger partial charge >= 0.3 is 0 Å². The highest BCUT2D eigenvalue weighted by Gasteiger charge is 2.47. The van der Waals surface area contributed by atoms with Crippen molar-refractivity contribution >= 4 is 5.78 Å². The molecule has 2 heterocycles. The van der Waals surface area contributed by atoms with Gasteiger partial charge in [-0.25, -0.2) is 0 Å². The minimum absolute atomic E-state index is 0.273. The minimum Gasteiger partial charge on any atom is -0.347 e. The van der Waals surface area contributed by atoms with Crippen LogP contribution in [0.1, 0.15) is 59.3 Å². The molecule has 26 heavy (non-hydrogen) atoms. The fraction of sp³-hybridized carbons (Fsp3) is 0.857. The van der Waals surface area contributed by atoms with Crippen molar-refractivity contribution in [3.63, 3.8) is 0 Å². The molecule has 2 saturated heterocycles. The van der Waals surface area contributed by atoms with Crippen LogP contribution in [0, 0.1) is 17.8 Å². The molecule has 0 unspecified atom stereocenters. The Morgan fingerprint density at radius 3 is 2.04 bits per heavy atom. The zero-order chi connectivity index (χ0) is 18.8. The summed E-state index contributed by atoms with van der Waals surface area (Å²) in [7, 11) is 0. The summed E-state index contributed by atoms with van der Waals surface area (Å²) in [5.74, 6) is 0.926. The van der Waals surface area contributed by atoms with Crippen LogP contribution in [0.25, 0.3) is 0 Å². The molecule has 0 aromatic carbocycles. The molecule has 0 amide bonds. The molecule has 5 nitrogen and oxygen atoms in total. The molecule has 4 rings (SSSR count). The number of hydrogen-bond acceptors (Lipinski definition) is 5. The zero-order valence-corrected chi connectivity index (χ0v) is 16.6. The van der Waals surface area contributed by atoms with Gasteiger partial charge in [0.05, 0.1) is 32.8 Å². The van der Waals surface area contributed by atoms with E-state index in [9.17, 15) is 4.79 Å². The molecule has 0 aromatic rings. The van der Waals surface area contributed by atoms with Crippen molar-refractivity contribution in [1.29, 1.82) is 0 Å². The van der Waals surface area contributed by atoms with Crippen molar-refractivity contribution in [3.05, 3.63) is 12.2 Å². The molecule has 2 spiro atoms. The quantitative estimate of drug-likeness (QED) is 0.660. The van der Waals surface area contributed by atoms with Gasteiger partial charge < -0.3 is 18.9 Å². The van der Waals surface area contributed by atoms with Crippen LogP contribution in [0.3, 0.4) is 0 Å². The number of carbonyl (C=O) groups is 1. The van der Waals surface area contributed by atoms with Crippen molar-refractivity contribution in [3.8, 4) is 0 Å². The van der Waals surface area contributed by atoms with Crippen LogP contribution >= 0.6 is 0 Å². The van der Waals surface area contributed by atoms with Gasteiger partial charge in [-0.3, -0.25) is 4.79 Å². The van der Waals surface area contributed by atoms with Crippen LogP contribution in [0.5, 0.6) is 0 Å². The summed E-state index contributed by atoms with van der Waals surface area (Å²) in [4.78, 5) is 11.2. The first kappa shape index (κ1) is 20.0. The van der Waals surface area contributed by atoms with Crippen LogP contribution in [-0.4, -0.2) is 43.8 Å². The van der Waals surface area contributed by atoms with E-state index < -0.39 is 5.79 Å². The smallest absolute Gasteiger partial charge is 0.177 e. The Morgan fingerprint density at radius 1 is 0.923 bits per heavy atom. The molecular formula is C21H34O5. The molecule has 2 saturated carbocycles. The van der Waals surface area contributed by atoms with Crippen LogP contribution in [0.4, 0.5) is 0 Å². The van der Waals surface area contributed by atoms with Gasteiger partial charge in [-0.05, 0) is 32.1 Å². The van der Waals surface area contributed by atoms with Gasteiger partial charge in [-0.2, -0.15) is 0 Å². The summed E-state index contributed by atoms with van der Waals surface area (Å²) < 4.78 is 22.7. The highest BCUT2D eigenvalue weighted by molar-refractivity contribution is 5.80. The highest BCUT2D eigenvalue weighted by atomic mass is 16.7. The molecule has 4 fully saturated rings. The van der Waals surface area contributed by atoms with E-state index >= 15 is 0 Å². The number of allylic oxidation sites excluding steroid dienone is 1. The van der Waals surface area contributed by atoms with Crippen molar-refractivity contribution in [2.75, 3.05) is 26.4 Å². The molecule has 148 valence electrons. The topological polar surface area (TPSA) is 54.0 Å². The molecule has 0 bridgehead atoms. The van der Waals surface area contributed by atoms with E-state index in [0.717, 1.165) is 26.1 Å². The van der Waals surface area contributed by atoms with Gasteiger partial charge in [-0.15, -0.1) is 0 Å². The second kappa shape index (κ2) is 8.09. The Balaban J connectivity index is 0.000000152. The summed E-state index contributed by atoms with van der Waals surface area (Å²) in [5.41, 5.74) is 1.27. The summed E-state index contributed by atoms with van der Waals surface area (Å²) >= 11 is 0. The number of carbonyl (C=O) groups excluding carboxylic acids is 1. The van der Waals surface area contributed by atoms with Crippen molar-refractivity contribution in [2.45, 2.75) is 70.9 Å². The van der Waals surface area contributed by atoms with Crippen molar-refractivity contribution in [1.82, 2.24) is 0 Å². The lowest BCUT2D eigenvalue weighted by atomic mass is 9.75. The standard InChI is InChI=1S/C12H20O2.C9H14O3/c1-9(2)11-5-4-10(3)12(8-11)13-6-7-14-12;1-7-2-3-8(10)6-9(7)11-4-5-12-9/h10-11H,1,4-8H2,2-3H3;7H,2-6H2,1H3/t10-,11-;7-/m11/s1. The Bertz CT molecular complexity index is 516. The Hall–Kier alpha value is -0.750. The average molecular weight is 366 g/mol. The molecule has 0 N–H and O–H groups in total. The van der Waals surface area contributed by atoms with E-state index in [1.165, 1.54) is 18.4 Å². The van der Waals surface area contributed by atoms with E-state index in [1.54, 1.807) is 0 Å². The molecule has 0 radical (unpaired) electrons. The van der Waals surface area contributed by atoms with Gasteiger partial charge in [0, 0.05) is 24.7 Å². The Kier molecular flexibility index (Phi) is 6.22. The zero-order valence-electron chi connectivity index (χ0n) is 16.6. The summed E-state index contributed by atoms with van der Waals surface area (Å²) in [5, 5.41) is 0. The number of Topliss-reactive ketones (excluding diaryl/α,β-unsaturated/α-hetero) is 1. The first-order valence-corrected chi connectivity index (χ1v) is 10.1. The van der Waals surface area contributed by atoms with Crippen LogP contribution in [0.15, 0.2) is 12.2 Å². The predicted octanol–water partition coefficient (Wildman–Crippen LogP) is 3.86. The van der Waals surface area contributed by atoms with E-state index in [1.807, 2.05) is 0 Å². The van der Waals surface area contributed by atoms with Gasteiger partial charge in [-0.1, -0.05) is 26.0 Å². The number of rotatable bonds is 1. The van der Waals surface area contributed by atoms with Crippen molar-refractivity contribution < 1.29 is 23.7 Å². The van der Waals surface area contributed by atoms with Crippen LogP contribution < -0.4 is 0 Å². The van der Waals surface area contributed by atoms with E-state index in [2.05, 4.69) is 27.4 Å². The minimum atomic E-state index is -0.546. The maximum Gasteiger partial charge on any atom is 0.177 e. The Morgan fingerprint density at radius 2 is 1.46 bits per heavy atom. The van der Waals surface area contributed by atoms with E-state index in [0.29, 0.717) is 43.8 Å². The lowest BCUT2D eigenvalue weighted by Gasteiger charge is -2.41. The first-order valence-electron chi connectivity index (χ1n) is 10.1. The summed E-state index contributed by atoms with van der Waals surface area (Å²) in [6.07, 6.45) is 5.48. The Labute approximate surface area is 157 Å². The maximum atomic E-state index is 11.2. The number of ether oxygens (including phenoxy) is 4. The van der Waals surface area contributed by atoms with Gasteiger partial charge in [0.2, 0.25) is 0 Å². The van der Waals surface area contributed by atoms with Gasteiger partial charge in [0.1, 0.15) is 5.78 Å². The third-order valence-electron chi connectivity index (χ3n) is 6.53. The van der Waals surface area contributed by atoms with Crippen LogP contribution in [0.2, 0.25) is 0 Å². The molecule has 5 heteroatoms. The fourth-order valence-electron chi connectivity index (χ4n) is 4.60. The lowest BCUT2D eigenvalue weighted by Crippen LogP contribution is -2.43. The molecule has 3 atom stereocenters. The monoisotopic (exact) mass is 366 g/mol. The molecular weight excluding hydrogens is 332 g/mol. The second-order valence-electron chi connectivity index (χ2n) is 8.40. The first-order chi connectivity index (χ1) is 12.4. The summed E-state index contributed by atoms with van der Waals surface area (Å²) in [6, 6.07) is 0. The third-order valence-corrected chi connectivity index (χ3v) is 6.53. The van der Waals surface area contributed by atoms with Gasteiger partial charge in [0.15, 0.2) is 11.6 Å². The molecule has 0 aromatic heterocycles. The second-order valence-corrected chi connectivity index (χ2v) is 8.40. The van der Waals surface area contributed by atoms with E-state index in [-0.39, 0.29) is 11.6 Å². The van der Waals surface area contributed by atoms with Crippen LogP contribution in [-0.2, 0) is 23.7 Å². The predicted molar refractivity (Wildman–Crippen MR) is 98.6 cm³/mol. The SMILES string of the molecule is C=C(C)[C@@H]1CC[C@@H](C)C2(C1)OCCO2.C[C@@H]1CCC(=O)CC12OCCO2.